The molecule has 0 bridgehead atoms. The van der Waals surface area contributed by atoms with E-state index in [1.165, 1.54) is 4.90 Å². The number of anilines is 1. The normalized spacial score (nSPS) is 10.8. The number of urea groups is 1. The Labute approximate surface area is 170 Å². The molecule has 152 valence electrons. The van der Waals surface area contributed by atoms with Crippen LogP contribution < -0.4 is 5.32 Å². The first-order valence-electron chi connectivity index (χ1n) is 9.43. The average Bonchev–Trinajstić information content (AvgIpc) is 2.98. The Kier molecular flexibility index (Phi) is 5.59. The number of benzene rings is 2. The van der Waals surface area contributed by atoms with Gasteiger partial charge in [0.25, 0.3) is 5.91 Å². The maximum Gasteiger partial charge on any atom is 0.321 e. The lowest BCUT2D eigenvalue weighted by Crippen LogP contribution is -2.32. The first-order chi connectivity index (χ1) is 13.7. The molecule has 7 nitrogen and oxygen atoms in total. The van der Waals surface area contributed by atoms with E-state index in [0.717, 1.165) is 33.7 Å². The van der Waals surface area contributed by atoms with Crippen LogP contribution in [0, 0.1) is 13.8 Å². The second kappa shape index (κ2) is 7.95. The number of nitrogens with one attached hydrogen (secondary N) is 1. The lowest BCUT2D eigenvalue weighted by molar-refractivity contribution is 0.0827. The molecule has 1 aromatic heterocycles. The fraction of sp³-hybridized carbons (Fsp3) is 0.318. The summed E-state index contributed by atoms with van der Waals surface area (Å²) < 4.78 is 1.94. The summed E-state index contributed by atoms with van der Waals surface area (Å²) in [5.74, 6) is 0.678. The van der Waals surface area contributed by atoms with E-state index in [9.17, 15) is 9.59 Å². The zero-order valence-electron chi connectivity index (χ0n) is 17.8. The molecule has 0 atom stereocenters. The Balaban J connectivity index is 1.78. The van der Waals surface area contributed by atoms with Crippen LogP contribution in [0.5, 0.6) is 0 Å². The van der Waals surface area contributed by atoms with Gasteiger partial charge < -0.3 is 19.7 Å². The Morgan fingerprint density at radius 3 is 2.45 bits per heavy atom. The number of hydrogen-bond acceptors (Lipinski definition) is 3. The van der Waals surface area contributed by atoms with Crippen LogP contribution in [0.15, 0.2) is 36.4 Å². The Morgan fingerprint density at radius 2 is 1.79 bits per heavy atom. The van der Waals surface area contributed by atoms with E-state index in [1.807, 2.05) is 49.7 Å². The van der Waals surface area contributed by atoms with Crippen molar-refractivity contribution < 1.29 is 9.59 Å². The molecule has 3 amide bonds. The van der Waals surface area contributed by atoms with Crippen molar-refractivity contribution in [3.63, 3.8) is 0 Å². The van der Waals surface area contributed by atoms with Crippen LogP contribution in [-0.2, 0) is 13.6 Å². The second-order valence-electron chi connectivity index (χ2n) is 7.59. The molecule has 2 aromatic carbocycles. The van der Waals surface area contributed by atoms with E-state index in [0.29, 0.717) is 12.1 Å². The first-order valence-corrected chi connectivity index (χ1v) is 9.43. The van der Waals surface area contributed by atoms with Gasteiger partial charge in [0, 0.05) is 39.4 Å². The maximum atomic E-state index is 12.6. The highest BCUT2D eigenvalue weighted by atomic mass is 16.2. The molecule has 1 N–H and O–H groups in total. The molecule has 29 heavy (non-hydrogen) atoms. The monoisotopic (exact) mass is 393 g/mol. The van der Waals surface area contributed by atoms with Crippen LogP contribution in [0.4, 0.5) is 10.5 Å². The van der Waals surface area contributed by atoms with Gasteiger partial charge in [0.15, 0.2) is 0 Å². The summed E-state index contributed by atoms with van der Waals surface area (Å²) >= 11 is 0. The molecular weight excluding hydrogens is 366 g/mol. The van der Waals surface area contributed by atoms with Crippen LogP contribution in [0.2, 0.25) is 0 Å². The van der Waals surface area contributed by atoms with Crippen LogP contribution in [0.25, 0.3) is 11.0 Å². The molecule has 0 radical (unpaired) electrons. The maximum absolute atomic E-state index is 12.6. The van der Waals surface area contributed by atoms with E-state index >= 15 is 0 Å². The number of aromatic nitrogens is 2. The number of amides is 3. The van der Waals surface area contributed by atoms with E-state index < -0.39 is 0 Å². The molecule has 0 fully saturated rings. The lowest BCUT2D eigenvalue weighted by Gasteiger charge is -2.18. The van der Waals surface area contributed by atoms with E-state index in [1.54, 1.807) is 38.2 Å². The summed E-state index contributed by atoms with van der Waals surface area (Å²) in [6.07, 6.45) is 0. The number of aryl methyl sites for hydroxylation is 3. The second-order valence-corrected chi connectivity index (χ2v) is 7.59. The predicted octanol–water partition coefficient (Wildman–Crippen LogP) is 3.56. The molecule has 1 heterocycles. The van der Waals surface area contributed by atoms with E-state index in [-0.39, 0.29) is 11.9 Å². The standard InChI is InChI=1S/C22H27N5O2/c1-14-7-9-17(15(2)11-14)24-22(29)26(5)13-20-23-18-12-16(21(28)25(3)4)8-10-19(18)27(20)6/h7-12H,13H2,1-6H3,(H,24,29). The van der Waals surface area contributed by atoms with Crippen molar-refractivity contribution >= 4 is 28.7 Å². The van der Waals surface area contributed by atoms with Crippen molar-refractivity contribution in [1.82, 2.24) is 19.4 Å². The highest BCUT2D eigenvalue weighted by Crippen LogP contribution is 2.20. The first kappa shape index (κ1) is 20.4. The third-order valence-corrected chi connectivity index (χ3v) is 4.98. The topological polar surface area (TPSA) is 70.5 Å². The molecule has 0 aliphatic rings. The minimum atomic E-state index is -0.201. The number of hydrogen-bond donors (Lipinski definition) is 1. The minimum Gasteiger partial charge on any atom is -0.345 e. The van der Waals surface area contributed by atoms with Crippen molar-refractivity contribution in [3.05, 3.63) is 58.9 Å². The van der Waals surface area contributed by atoms with Crippen LogP contribution >= 0.6 is 0 Å². The summed E-state index contributed by atoms with van der Waals surface area (Å²) in [6, 6.07) is 11.2. The molecule has 0 spiro atoms. The van der Waals surface area contributed by atoms with Crippen LogP contribution in [0.1, 0.15) is 27.3 Å². The number of fused-ring (bicyclic) bond motifs is 1. The smallest absolute Gasteiger partial charge is 0.321 e. The average molecular weight is 393 g/mol. The predicted molar refractivity (Wildman–Crippen MR) is 115 cm³/mol. The SMILES string of the molecule is Cc1ccc(NC(=O)N(C)Cc2nc3cc(C(=O)N(C)C)ccc3n2C)c(C)c1. The van der Waals surface area contributed by atoms with Gasteiger partial charge in [-0.15, -0.1) is 0 Å². The van der Waals surface area contributed by atoms with Crippen molar-refractivity contribution in [2.75, 3.05) is 26.5 Å². The molecule has 7 heteroatoms. The number of rotatable bonds is 4. The number of nitrogens with zero attached hydrogens (tertiary/aromatic N) is 4. The van der Waals surface area contributed by atoms with Crippen molar-refractivity contribution in [3.8, 4) is 0 Å². The molecule has 0 saturated heterocycles. The van der Waals surface area contributed by atoms with E-state index in [4.69, 9.17) is 0 Å². The Morgan fingerprint density at radius 1 is 1.07 bits per heavy atom. The van der Waals surface area contributed by atoms with E-state index in [2.05, 4.69) is 10.3 Å². The van der Waals surface area contributed by atoms with Crippen LogP contribution in [0.3, 0.4) is 0 Å². The number of carbonyl (C=O) groups is 2. The molecule has 0 aliphatic heterocycles. The molecule has 0 unspecified atom stereocenters. The van der Waals surface area contributed by atoms with Gasteiger partial charge >= 0.3 is 6.03 Å². The fourth-order valence-electron chi connectivity index (χ4n) is 3.23. The molecule has 0 aliphatic carbocycles. The Bertz CT molecular complexity index is 1080. The quantitative estimate of drug-likeness (QED) is 0.737. The highest BCUT2D eigenvalue weighted by molar-refractivity contribution is 5.97. The summed E-state index contributed by atoms with van der Waals surface area (Å²) in [5, 5.41) is 2.95. The minimum absolute atomic E-state index is 0.0657. The van der Waals surface area contributed by atoms with Gasteiger partial charge in [-0.25, -0.2) is 9.78 Å². The fourth-order valence-corrected chi connectivity index (χ4v) is 3.23. The summed E-state index contributed by atoms with van der Waals surface area (Å²) in [5.41, 5.74) is 5.21. The van der Waals surface area contributed by atoms with Gasteiger partial charge in [-0.2, -0.15) is 0 Å². The zero-order chi connectivity index (χ0) is 21.3. The molecule has 3 aromatic rings. The van der Waals surface area contributed by atoms with Gasteiger partial charge in [-0.3, -0.25) is 4.79 Å². The summed E-state index contributed by atoms with van der Waals surface area (Å²) in [4.78, 5) is 32.6. The third-order valence-electron chi connectivity index (χ3n) is 4.98. The van der Waals surface area contributed by atoms with Gasteiger partial charge in [0.2, 0.25) is 0 Å². The number of imidazole rings is 1. The highest BCUT2D eigenvalue weighted by Gasteiger charge is 2.16. The van der Waals surface area contributed by atoms with Crippen molar-refractivity contribution in [1.29, 1.82) is 0 Å². The van der Waals surface area contributed by atoms with Gasteiger partial charge in [0.05, 0.1) is 17.6 Å². The largest absolute Gasteiger partial charge is 0.345 e. The summed E-state index contributed by atoms with van der Waals surface area (Å²) in [7, 11) is 7.09. The Hall–Kier alpha value is -3.35. The third kappa shape index (κ3) is 4.23. The van der Waals surface area contributed by atoms with Gasteiger partial charge in [0.1, 0.15) is 5.82 Å². The zero-order valence-corrected chi connectivity index (χ0v) is 17.8. The molecular formula is C22H27N5O2. The van der Waals surface area contributed by atoms with Crippen molar-refractivity contribution in [2.45, 2.75) is 20.4 Å². The van der Waals surface area contributed by atoms with Gasteiger partial charge in [-0.05, 0) is 43.7 Å². The molecule has 0 saturated carbocycles. The van der Waals surface area contributed by atoms with Gasteiger partial charge in [-0.1, -0.05) is 17.7 Å². The summed E-state index contributed by atoms with van der Waals surface area (Å²) in [6.45, 7) is 4.34. The number of carbonyl (C=O) groups excluding carboxylic acids is 2. The van der Waals surface area contributed by atoms with Crippen molar-refractivity contribution in [2.24, 2.45) is 7.05 Å². The lowest BCUT2D eigenvalue weighted by atomic mass is 10.1. The van der Waals surface area contributed by atoms with Crippen LogP contribution in [-0.4, -0.2) is 52.4 Å². The molecule has 3 rings (SSSR count).